The SMILES string of the molecule is CC(C)(C)C1CCCN(C(=O)[C@@H](N)C(C)(C)C)CC1.Cl. The molecule has 120 valence electrons. The molecule has 0 aromatic heterocycles. The topological polar surface area (TPSA) is 46.3 Å². The second kappa shape index (κ2) is 7.13. The molecule has 0 saturated carbocycles. The first kappa shape index (κ1) is 19.7. The van der Waals surface area contributed by atoms with E-state index in [0.29, 0.717) is 11.3 Å². The third-order valence-corrected chi connectivity index (χ3v) is 4.46. The normalized spacial score (nSPS) is 22.8. The van der Waals surface area contributed by atoms with Crippen LogP contribution in [0.15, 0.2) is 0 Å². The minimum absolute atomic E-state index is 0. The highest BCUT2D eigenvalue weighted by molar-refractivity contribution is 5.85. The molecule has 1 unspecified atom stereocenters. The first-order valence-corrected chi connectivity index (χ1v) is 7.58. The van der Waals surface area contributed by atoms with Gasteiger partial charge in [-0.05, 0) is 36.0 Å². The van der Waals surface area contributed by atoms with Crippen molar-refractivity contribution in [3.63, 3.8) is 0 Å². The van der Waals surface area contributed by atoms with Crippen molar-refractivity contribution in [1.29, 1.82) is 0 Å². The van der Waals surface area contributed by atoms with E-state index in [1.165, 1.54) is 6.42 Å². The highest BCUT2D eigenvalue weighted by Crippen LogP contribution is 2.34. The predicted molar refractivity (Wildman–Crippen MR) is 88.1 cm³/mol. The lowest BCUT2D eigenvalue weighted by atomic mass is 9.77. The van der Waals surface area contributed by atoms with Gasteiger partial charge in [-0.15, -0.1) is 12.4 Å². The molecule has 2 atom stereocenters. The molecule has 1 aliphatic heterocycles. The average molecular weight is 305 g/mol. The Bertz CT molecular complexity index is 317. The van der Waals surface area contributed by atoms with Crippen molar-refractivity contribution in [2.75, 3.05) is 13.1 Å². The number of halogens is 1. The van der Waals surface area contributed by atoms with Gasteiger partial charge in [0.05, 0.1) is 6.04 Å². The van der Waals surface area contributed by atoms with Crippen molar-refractivity contribution in [2.45, 2.75) is 66.8 Å². The van der Waals surface area contributed by atoms with Gasteiger partial charge in [0, 0.05) is 13.1 Å². The minimum atomic E-state index is -0.390. The molecule has 1 fully saturated rings. The molecule has 3 nitrogen and oxygen atoms in total. The van der Waals surface area contributed by atoms with Gasteiger partial charge in [-0.25, -0.2) is 0 Å². The molecule has 0 aromatic rings. The zero-order valence-electron chi connectivity index (χ0n) is 14.0. The Morgan fingerprint density at radius 1 is 1.10 bits per heavy atom. The summed E-state index contributed by atoms with van der Waals surface area (Å²) in [5, 5.41) is 0. The molecular formula is C16H33ClN2O. The van der Waals surface area contributed by atoms with E-state index < -0.39 is 6.04 Å². The van der Waals surface area contributed by atoms with Gasteiger partial charge in [0.25, 0.3) is 0 Å². The number of carbonyl (C=O) groups excluding carboxylic acids is 1. The van der Waals surface area contributed by atoms with Crippen LogP contribution in [-0.2, 0) is 4.79 Å². The van der Waals surface area contributed by atoms with Crippen molar-refractivity contribution < 1.29 is 4.79 Å². The molecule has 2 N–H and O–H groups in total. The number of hydrogen-bond donors (Lipinski definition) is 1. The van der Waals surface area contributed by atoms with Crippen molar-refractivity contribution in [3.05, 3.63) is 0 Å². The molecule has 4 heteroatoms. The molecule has 0 aliphatic carbocycles. The van der Waals surface area contributed by atoms with E-state index in [-0.39, 0.29) is 23.7 Å². The summed E-state index contributed by atoms with van der Waals surface area (Å²) in [5.41, 5.74) is 6.28. The summed E-state index contributed by atoms with van der Waals surface area (Å²) in [7, 11) is 0. The van der Waals surface area contributed by atoms with Crippen LogP contribution < -0.4 is 5.73 Å². The lowest BCUT2D eigenvalue weighted by molar-refractivity contribution is -0.135. The van der Waals surface area contributed by atoms with Crippen LogP contribution >= 0.6 is 12.4 Å². The van der Waals surface area contributed by atoms with E-state index in [4.69, 9.17) is 5.73 Å². The van der Waals surface area contributed by atoms with Crippen molar-refractivity contribution >= 4 is 18.3 Å². The van der Waals surface area contributed by atoms with Gasteiger partial charge in [-0.1, -0.05) is 41.5 Å². The summed E-state index contributed by atoms with van der Waals surface area (Å²) in [4.78, 5) is 14.4. The number of likely N-dealkylation sites (tertiary alicyclic amines) is 1. The first-order chi connectivity index (χ1) is 8.53. The predicted octanol–water partition coefficient (Wildman–Crippen LogP) is 3.46. The van der Waals surface area contributed by atoms with E-state index >= 15 is 0 Å². The summed E-state index contributed by atoms with van der Waals surface area (Å²) in [6, 6.07) is -0.390. The second-order valence-corrected chi connectivity index (χ2v) is 8.16. The van der Waals surface area contributed by atoms with Crippen LogP contribution in [0.1, 0.15) is 60.8 Å². The van der Waals surface area contributed by atoms with Gasteiger partial charge in [0.1, 0.15) is 0 Å². The number of amides is 1. The summed E-state index contributed by atoms with van der Waals surface area (Å²) in [6.45, 7) is 14.7. The molecular weight excluding hydrogens is 272 g/mol. The maximum absolute atomic E-state index is 12.5. The van der Waals surface area contributed by atoms with Crippen LogP contribution in [0.2, 0.25) is 0 Å². The van der Waals surface area contributed by atoms with Crippen molar-refractivity contribution in [2.24, 2.45) is 22.5 Å². The highest BCUT2D eigenvalue weighted by Gasteiger charge is 2.33. The van der Waals surface area contributed by atoms with E-state index in [0.717, 1.165) is 25.9 Å². The Morgan fingerprint density at radius 3 is 2.10 bits per heavy atom. The quantitative estimate of drug-likeness (QED) is 0.806. The molecule has 20 heavy (non-hydrogen) atoms. The van der Waals surface area contributed by atoms with Gasteiger partial charge in [-0.3, -0.25) is 4.79 Å². The Labute approximate surface area is 131 Å². The van der Waals surface area contributed by atoms with Crippen LogP contribution in [0.25, 0.3) is 0 Å². The first-order valence-electron chi connectivity index (χ1n) is 7.58. The van der Waals surface area contributed by atoms with Crippen LogP contribution in [0, 0.1) is 16.7 Å². The lowest BCUT2D eigenvalue weighted by Gasteiger charge is -2.32. The van der Waals surface area contributed by atoms with Crippen molar-refractivity contribution in [1.82, 2.24) is 4.90 Å². The standard InChI is InChI=1S/C16H32N2O.ClH/c1-15(2,3)12-8-7-10-18(11-9-12)14(19)13(17)16(4,5)6;/h12-13H,7-11,17H2,1-6H3;1H/t12?,13-;/m1./s1. The Morgan fingerprint density at radius 2 is 1.65 bits per heavy atom. The zero-order valence-corrected chi connectivity index (χ0v) is 14.8. The fraction of sp³-hybridized carbons (Fsp3) is 0.938. The molecule has 1 rings (SSSR count). The molecule has 1 saturated heterocycles. The zero-order chi connectivity index (χ0) is 14.8. The molecule has 1 heterocycles. The smallest absolute Gasteiger partial charge is 0.240 e. The second-order valence-electron chi connectivity index (χ2n) is 8.16. The Kier molecular flexibility index (Phi) is 7.03. The van der Waals surface area contributed by atoms with E-state index in [9.17, 15) is 4.79 Å². The van der Waals surface area contributed by atoms with Crippen LogP contribution in [0.4, 0.5) is 0 Å². The third kappa shape index (κ3) is 5.25. The van der Waals surface area contributed by atoms with Crippen LogP contribution in [-0.4, -0.2) is 29.9 Å². The number of nitrogens with zero attached hydrogens (tertiary/aromatic N) is 1. The van der Waals surface area contributed by atoms with E-state index in [1.807, 2.05) is 25.7 Å². The number of hydrogen-bond acceptors (Lipinski definition) is 2. The highest BCUT2D eigenvalue weighted by atomic mass is 35.5. The van der Waals surface area contributed by atoms with Gasteiger partial charge < -0.3 is 10.6 Å². The number of rotatable bonds is 1. The maximum atomic E-state index is 12.5. The molecule has 0 radical (unpaired) electrons. The molecule has 1 amide bonds. The lowest BCUT2D eigenvalue weighted by Crippen LogP contribution is -2.50. The van der Waals surface area contributed by atoms with Crippen LogP contribution in [0.3, 0.4) is 0 Å². The molecule has 1 aliphatic rings. The monoisotopic (exact) mass is 304 g/mol. The fourth-order valence-electron chi connectivity index (χ4n) is 2.75. The fourth-order valence-corrected chi connectivity index (χ4v) is 2.75. The van der Waals surface area contributed by atoms with Crippen molar-refractivity contribution in [3.8, 4) is 0 Å². The van der Waals surface area contributed by atoms with Gasteiger partial charge >= 0.3 is 0 Å². The van der Waals surface area contributed by atoms with E-state index in [1.54, 1.807) is 0 Å². The summed E-state index contributed by atoms with van der Waals surface area (Å²) >= 11 is 0. The summed E-state index contributed by atoms with van der Waals surface area (Å²) < 4.78 is 0. The molecule has 0 bridgehead atoms. The largest absolute Gasteiger partial charge is 0.341 e. The minimum Gasteiger partial charge on any atom is -0.341 e. The average Bonchev–Trinajstić information content (AvgIpc) is 2.50. The molecule has 0 spiro atoms. The van der Waals surface area contributed by atoms with Gasteiger partial charge in [0.2, 0.25) is 5.91 Å². The summed E-state index contributed by atoms with van der Waals surface area (Å²) in [5.74, 6) is 0.832. The van der Waals surface area contributed by atoms with Gasteiger partial charge in [-0.2, -0.15) is 0 Å². The number of carbonyl (C=O) groups is 1. The maximum Gasteiger partial charge on any atom is 0.240 e. The Hall–Kier alpha value is -0.280. The third-order valence-electron chi connectivity index (χ3n) is 4.46. The molecule has 0 aromatic carbocycles. The van der Waals surface area contributed by atoms with Gasteiger partial charge in [0.15, 0.2) is 0 Å². The van der Waals surface area contributed by atoms with E-state index in [2.05, 4.69) is 20.8 Å². The number of nitrogens with two attached hydrogens (primary N) is 1. The van der Waals surface area contributed by atoms with Crippen LogP contribution in [0.5, 0.6) is 0 Å². The summed E-state index contributed by atoms with van der Waals surface area (Å²) in [6.07, 6.45) is 3.43. The Balaban J connectivity index is 0.00000361.